The second kappa shape index (κ2) is 10.2. The first kappa shape index (κ1) is 22.9. The van der Waals surface area contributed by atoms with Crippen LogP contribution < -0.4 is 15.5 Å². The fraction of sp³-hybridized carbons (Fsp3) is 0.200. The van der Waals surface area contributed by atoms with Crippen molar-refractivity contribution in [3.63, 3.8) is 0 Å². The predicted molar refractivity (Wildman–Crippen MR) is 136 cm³/mol. The van der Waals surface area contributed by atoms with E-state index in [1.165, 1.54) is 11.8 Å². The summed E-state index contributed by atoms with van der Waals surface area (Å²) in [7, 11) is 0. The molecule has 0 atom stereocenters. The largest absolute Gasteiger partial charge is 0.390 e. The highest BCUT2D eigenvalue weighted by Gasteiger charge is 2.19. The summed E-state index contributed by atoms with van der Waals surface area (Å²) in [4.78, 5) is 25.1. The van der Waals surface area contributed by atoms with E-state index in [0.717, 1.165) is 41.5 Å². The first-order valence-corrected chi connectivity index (χ1v) is 12.1. The van der Waals surface area contributed by atoms with E-state index in [1.807, 2.05) is 61.5 Å². The van der Waals surface area contributed by atoms with Gasteiger partial charge in [-0.15, -0.1) is 0 Å². The number of aromatic nitrogens is 4. The first-order chi connectivity index (χ1) is 17.1. The van der Waals surface area contributed by atoms with Crippen molar-refractivity contribution in [1.29, 1.82) is 0 Å². The van der Waals surface area contributed by atoms with Crippen LogP contribution in [-0.2, 0) is 6.61 Å². The van der Waals surface area contributed by atoms with E-state index in [-0.39, 0.29) is 12.5 Å². The van der Waals surface area contributed by atoms with Crippen molar-refractivity contribution in [3.8, 4) is 0 Å². The number of nitrogens with zero attached hydrogens (tertiary/aromatic N) is 4. The lowest BCUT2D eigenvalue weighted by Gasteiger charge is -2.32. The van der Waals surface area contributed by atoms with Gasteiger partial charge in [0.1, 0.15) is 11.6 Å². The van der Waals surface area contributed by atoms with Gasteiger partial charge in [0.05, 0.1) is 12.3 Å². The van der Waals surface area contributed by atoms with E-state index in [9.17, 15) is 9.90 Å². The van der Waals surface area contributed by atoms with Gasteiger partial charge in [0.25, 0.3) is 5.91 Å². The van der Waals surface area contributed by atoms with Gasteiger partial charge in [-0.25, -0.2) is 9.97 Å². The van der Waals surface area contributed by atoms with Crippen LogP contribution in [0.5, 0.6) is 0 Å². The molecule has 2 aromatic carbocycles. The zero-order valence-corrected chi connectivity index (χ0v) is 20.0. The molecule has 3 heterocycles. The summed E-state index contributed by atoms with van der Waals surface area (Å²) in [5.74, 6) is 1.93. The Morgan fingerprint density at radius 3 is 2.57 bits per heavy atom. The summed E-state index contributed by atoms with van der Waals surface area (Å²) in [5.41, 5.74) is 2.93. The van der Waals surface area contributed by atoms with Gasteiger partial charge in [0.15, 0.2) is 11.0 Å². The van der Waals surface area contributed by atoms with Crippen LogP contribution in [-0.4, -0.2) is 44.3 Å². The molecular weight excluding hydrogens is 462 g/mol. The number of aliphatic hydroxyl groups is 1. The number of H-pyrrole nitrogens is 1. The molecule has 0 saturated carbocycles. The molecule has 0 spiro atoms. The van der Waals surface area contributed by atoms with Gasteiger partial charge in [-0.1, -0.05) is 18.2 Å². The number of hydrogen-bond acceptors (Lipinski definition) is 8. The number of hydrogen-bond donors (Lipinski definition) is 4. The number of anilines is 4. The zero-order valence-electron chi connectivity index (χ0n) is 19.2. The zero-order chi connectivity index (χ0) is 24.2. The van der Waals surface area contributed by atoms with E-state index in [4.69, 9.17) is 4.98 Å². The average Bonchev–Trinajstić information content (AvgIpc) is 3.27. The van der Waals surface area contributed by atoms with Gasteiger partial charge < -0.3 is 20.6 Å². The van der Waals surface area contributed by atoms with Crippen molar-refractivity contribution < 1.29 is 9.90 Å². The Kier molecular flexibility index (Phi) is 6.64. The van der Waals surface area contributed by atoms with Gasteiger partial charge in [-0.2, -0.15) is 5.10 Å². The summed E-state index contributed by atoms with van der Waals surface area (Å²) in [6.07, 6.45) is 1.14. The number of benzene rings is 2. The smallest absolute Gasteiger partial charge is 0.255 e. The Morgan fingerprint density at radius 1 is 1.09 bits per heavy atom. The summed E-state index contributed by atoms with van der Waals surface area (Å²) in [5, 5.41) is 22.9. The quantitative estimate of drug-likeness (QED) is 0.271. The molecule has 2 aromatic heterocycles. The SMILES string of the molecule is Cc1ccccc1C(=O)Nc1ccc(Sc2nc(Nc3cc(CO)[nH]n3)cc(N3CCC3)n2)cc1. The highest BCUT2D eigenvalue weighted by molar-refractivity contribution is 7.99. The molecule has 178 valence electrons. The standard InChI is InChI=1S/C25H25N7O2S/c1-16-5-2-3-6-20(16)24(34)26-17-7-9-19(10-8-17)35-25-28-21(14-23(29-25)32-11-4-12-32)27-22-13-18(15-33)30-31-22/h2-3,5-10,13-14,33H,4,11-12,15H2,1H3,(H,26,34)(H2,27,28,29,30,31). The van der Waals surface area contributed by atoms with Gasteiger partial charge in [-0.3, -0.25) is 9.89 Å². The molecule has 4 N–H and O–H groups in total. The highest BCUT2D eigenvalue weighted by atomic mass is 32.2. The number of rotatable bonds is 8. The minimum absolute atomic E-state index is 0.111. The molecule has 10 heteroatoms. The monoisotopic (exact) mass is 487 g/mol. The van der Waals surface area contributed by atoms with Crippen LogP contribution in [0.2, 0.25) is 0 Å². The maximum Gasteiger partial charge on any atom is 0.255 e. The van der Waals surface area contributed by atoms with Crippen molar-refractivity contribution in [2.24, 2.45) is 0 Å². The molecule has 0 radical (unpaired) electrons. The van der Waals surface area contributed by atoms with E-state index < -0.39 is 0 Å². The Bertz CT molecular complexity index is 1340. The maximum absolute atomic E-state index is 12.6. The second-order valence-electron chi connectivity index (χ2n) is 8.19. The Balaban J connectivity index is 1.31. The normalized spacial score (nSPS) is 12.8. The number of nitrogens with one attached hydrogen (secondary N) is 3. The minimum Gasteiger partial charge on any atom is -0.390 e. The summed E-state index contributed by atoms with van der Waals surface area (Å²) in [6.45, 7) is 3.74. The molecule has 5 rings (SSSR count). The minimum atomic E-state index is -0.132. The van der Waals surface area contributed by atoms with Crippen molar-refractivity contribution in [1.82, 2.24) is 20.2 Å². The predicted octanol–water partition coefficient (Wildman–Crippen LogP) is 4.36. The lowest BCUT2D eigenvalue weighted by atomic mass is 10.1. The van der Waals surface area contributed by atoms with Crippen LogP contribution in [0.4, 0.5) is 23.1 Å². The lowest BCUT2D eigenvalue weighted by Crippen LogP contribution is -2.37. The van der Waals surface area contributed by atoms with E-state index in [2.05, 4.69) is 30.7 Å². The molecule has 9 nitrogen and oxygen atoms in total. The van der Waals surface area contributed by atoms with E-state index in [1.54, 1.807) is 6.07 Å². The van der Waals surface area contributed by atoms with Gasteiger partial charge in [0, 0.05) is 41.4 Å². The first-order valence-electron chi connectivity index (χ1n) is 11.3. The summed E-state index contributed by atoms with van der Waals surface area (Å²) < 4.78 is 0. The fourth-order valence-electron chi connectivity index (χ4n) is 3.61. The van der Waals surface area contributed by atoms with Gasteiger partial charge in [-0.05, 0) is 61.0 Å². The maximum atomic E-state index is 12.6. The van der Waals surface area contributed by atoms with Crippen molar-refractivity contribution in [3.05, 3.63) is 77.5 Å². The number of amides is 1. The number of aliphatic hydroxyl groups excluding tert-OH is 1. The highest BCUT2D eigenvalue weighted by Crippen LogP contribution is 2.31. The number of aryl methyl sites for hydroxylation is 1. The fourth-order valence-corrected chi connectivity index (χ4v) is 4.37. The van der Waals surface area contributed by atoms with Crippen molar-refractivity contribution in [2.45, 2.75) is 30.0 Å². The molecule has 1 fully saturated rings. The van der Waals surface area contributed by atoms with Gasteiger partial charge in [0.2, 0.25) is 0 Å². The number of carbonyl (C=O) groups is 1. The molecule has 1 aliphatic rings. The number of aromatic amines is 1. The Labute approximate surface area is 207 Å². The molecule has 1 saturated heterocycles. The third kappa shape index (κ3) is 5.44. The molecule has 35 heavy (non-hydrogen) atoms. The second-order valence-corrected chi connectivity index (χ2v) is 9.23. The Morgan fingerprint density at radius 2 is 1.89 bits per heavy atom. The molecule has 1 amide bonds. The van der Waals surface area contributed by atoms with Crippen LogP contribution in [0.3, 0.4) is 0 Å². The third-order valence-electron chi connectivity index (χ3n) is 5.64. The van der Waals surface area contributed by atoms with Crippen molar-refractivity contribution in [2.75, 3.05) is 28.6 Å². The average molecular weight is 488 g/mol. The van der Waals surface area contributed by atoms with Crippen molar-refractivity contribution >= 4 is 40.8 Å². The molecule has 0 aliphatic carbocycles. The summed E-state index contributed by atoms with van der Waals surface area (Å²) >= 11 is 1.44. The third-order valence-corrected chi connectivity index (χ3v) is 6.51. The molecule has 0 unspecified atom stereocenters. The van der Waals surface area contributed by atoms with Crippen LogP contribution in [0, 0.1) is 6.92 Å². The van der Waals surface area contributed by atoms with Crippen LogP contribution in [0.25, 0.3) is 0 Å². The van der Waals surface area contributed by atoms with E-state index >= 15 is 0 Å². The molecule has 0 bridgehead atoms. The molecule has 4 aromatic rings. The lowest BCUT2D eigenvalue weighted by molar-refractivity contribution is 0.102. The van der Waals surface area contributed by atoms with E-state index in [0.29, 0.717) is 28.0 Å². The van der Waals surface area contributed by atoms with Gasteiger partial charge >= 0.3 is 0 Å². The van der Waals surface area contributed by atoms with Crippen LogP contribution in [0.15, 0.2) is 70.7 Å². The van der Waals surface area contributed by atoms with Crippen LogP contribution in [0.1, 0.15) is 28.0 Å². The van der Waals surface area contributed by atoms with Crippen LogP contribution >= 0.6 is 11.8 Å². The number of carbonyl (C=O) groups excluding carboxylic acids is 1. The topological polar surface area (TPSA) is 119 Å². The molecule has 1 aliphatic heterocycles. The Hall–Kier alpha value is -3.89. The molecular formula is C25H25N7O2S. The summed E-state index contributed by atoms with van der Waals surface area (Å²) in [6, 6.07) is 18.8.